The van der Waals surface area contributed by atoms with Gasteiger partial charge in [-0.25, -0.2) is 0 Å². The minimum absolute atomic E-state index is 0.275. The number of hydrogen-bond donors (Lipinski definition) is 1. The second-order valence-electron chi connectivity index (χ2n) is 4.58. The van der Waals surface area contributed by atoms with Crippen LogP contribution in [0, 0.1) is 6.92 Å². The molecule has 0 radical (unpaired) electrons. The summed E-state index contributed by atoms with van der Waals surface area (Å²) in [7, 11) is 0. The molecule has 1 atom stereocenters. The number of thioether (sulfide) groups is 1. The summed E-state index contributed by atoms with van der Waals surface area (Å²) in [5.41, 5.74) is 3.09. The summed E-state index contributed by atoms with van der Waals surface area (Å²) in [5.74, 6) is 1.19. The smallest absolute Gasteiger partial charge is 0.0796 e. The summed E-state index contributed by atoms with van der Waals surface area (Å²) in [6.45, 7) is 6.71. The van der Waals surface area contributed by atoms with E-state index in [4.69, 9.17) is 0 Å². The van der Waals surface area contributed by atoms with E-state index in [2.05, 4.69) is 50.4 Å². The van der Waals surface area contributed by atoms with E-state index in [0.717, 1.165) is 0 Å². The van der Waals surface area contributed by atoms with E-state index in [1.54, 1.807) is 0 Å². The predicted molar refractivity (Wildman–Crippen MR) is 63.6 cm³/mol. The van der Waals surface area contributed by atoms with Crippen LogP contribution < -0.4 is 5.32 Å². The van der Waals surface area contributed by atoms with Crippen LogP contribution in [0.25, 0.3) is 0 Å². The van der Waals surface area contributed by atoms with Gasteiger partial charge in [-0.1, -0.05) is 24.3 Å². The van der Waals surface area contributed by atoms with Gasteiger partial charge in [0.1, 0.15) is 0 Å². The Morgan fingerprint density at radius 2 is 2.07 bits per heavy atom. The van der Waals surface area contributed by atoms with Gasteiger partial charge in [-0.3, -0.25) is 5.32 Å². The molecule has 1 aliphatic rings. The first kappa shape index (κ1) is 10.1. The number of hydrogen-bond acceptors (Lipinski definition) is 2. The molecule has 0 amide bonds. The van der Waals surface area contributed by atoms with Crippen molar-refractivity contribution in [1.82, 2.24) is 5.32 Å². The molecule has 1 saturated heterocycles. The van der Waals surface area contributed by atoms with E-state index >= 15 is 0 Å². The maximum atomic E-state index is 3.65. The molecule has 0 aromatic heterocycles. The van der Waals surface area contributed by atoms with Crippen LogP contribution in [0.1, 0.15) is 30.3 Å². The second kappa shape index (κ2) is 3.59. The Balaban J connectivity index is 2.22. The maximum Gasteiger partial charge on any atom is 0.0796 e. The Hall–Kier alpha value is -0.470. The fraction of sp³-hybridized carbons (Fsp3) is 0.500. The summed E-state index contributed by atoms with van der Waals surface area (Å²) < 4.78 is 0. The minimum Gasteiger partial charge on any atom is -0.296 e. The van der Waals surface area contributed by atoms with E-state index in [-0.39, 0.29) is 5.54 Å². The van der Waals surface area contributed by atoms with Gasteiger partial charge in [0.2, 0.25) is 0 Å². The van der Waals surface area contributed by atoms with Gasteiger partial charge in [0.15, 0.2) is 0 Å². The molecular weight excluding hydrogens is 190 g/mol. The topological polar surface area (TPSA) is 12.0 Å². The number of nitrogens with one attached hydrogen (secondary N) is 1. The third kappa shape index (κ3) is 1.96. The van der Waals surface area contributed by atoms with Crippen LogP contribution in [0.4, 0.5) is 0 Å². The summed E-state index contributed by atoms with van der Waals surface area (Å²) in [5, 5.41) is 4.13. The normalized spacial score (nSPS) is 25.2. The summed E-state index contributed by atoms with van der Waals surface area (Å²) in [4.78, 5) is 0. The minimum atomic E-state index is 0.275. The third-order valence-corrected chi connectivity index (χ3v) is 4.20. The highest BCUT2D eigenvalue weighted by atomic mass is 32.2. The second-order valence-corrected chi connectivity index (χ2v) is 5.67. The van der Waals surface area contributed by atoms with E-state index in [1.165, 1.54) is 16.9 Å². The van der Waals surface area contributed by atoms with Crippen molar-refractivity contribution in [3.63, 3.8) is 0 Å². The fourth-order valence-corrected chi connectivity index (χ4v) is 3.29. The average Bonchev–Trinajstić information content (AvgIpc) is 2.47. The van der Waals surface area contributed by atoms with Crippen molar-refractivity contribution in [2.24, 2.45) is 0 Å². The maximum absolute atomic E-state index is 3.65. The van der Waals surface area contributed by atoms with Gasteiger partial charge in [-0.15, -0.1) is 11.8 Å². The Morgan fingerprint density at radius 1 is 1.36 bits per heavy atom. The van der Waals surface area contributed by atoms with Crippen LogP contribution in [0.3, 0.4) is 0 Å². The van der Waals surface area contributed by atoms with E-state index in [9.17, 15) is 0 Å². The van der Waals surface area contributed by atoms with Crippen molar-refractivity contribution in [2.45, 2.75) is 31.7 Å². The van der Waals surface area contributed by atoms with E-state index in [1.807, 2.05) is 11.8 Å². The Kier molecular flexibility index (Phi) is 2.58. The molecule has 1 nitrogen and oxygen atoms in total. The SMILES string of the molecule is Cc1ccccc1C1NC(C)(C)CS1. The van der Waals surface area contributed by atoms with Gasteiger partial charge in [0, 0.05) is 11.3 Å². The van der Waals surface area contributed by atoms with Gasteiger partial charge in [0.05, 0.1) is 5.37 Å². The molecule has 0 spiro atoms. The molecule has 1 fully saturated rings. The number of aryl methyl sites for hydroxylation is 1. The van der Waals surface area contributed by atoms with E-state index < -0.39 is 0 Å². The first-order chi connectivity index (χ1) is 6.58. The number of benzene rings is 1. The molecular formula is C12H17NS. The lowest BCUT2D eigenvalue weighted by atomic mass is 10.1. The lowest BCUT2D eigenvalue weighted by Crippen LogP contribution is -2.36. The lowest BCUT2D eigenvalue weighted by Gasteiger charge is -2.19. The highest BCUT2D eigenvalue weighted by molar-refractivity contribution is 7.99. The highest BCUT2D eigenvalue weighted by Gasteiger charge is 2.31. The molecule has 1 heterocycles. The van der Waals surface area contributed by atoms with Crippen molar-refractivity contribution >= 4 is 11.8 Å². The lowest BCUT2D eigenvalue weighted by molar-refractivity contribution is 0.451. The fourth-order valence-electron chi connectivity index (χ4n) is 1.78. The predicted octanol–water partition coefficient (Wildman–Crippen LogP) is 3.11. The van der Waals surface area contributed by atoms with Crippen molar-refractivity contribution < 1.29 is 0 Å². The molecule has 1 N–H and O–H groups in total. The van der Waals surface area contributed by atoms with Crippen molar-refractivity contribution in [3.8, 4) is 0 Å². The van der Waals surface area contributed by atoms with Crippen molar-refractivity contribution in [1.29, 1.82) is 0 Å². The first-order valence-electron chi connectivity index (χ1n) is 5.03. The Morgan fingerprint density at radius 3 is 2.64 bits per heavy atom. The molecule has 1 unspecified atom stereocenters. The monoisotopic (exact) mass is 207 g/mol. The van der Waals surface area contributed by atoms with Crippen LogP contribution in [0.2, 0.25) is 0 Å². The van der Waals surface area contributed by atoms with Crippen LogP contribution >= 0.6 is 11.8 Å². The molecule has 1 aliphatic heterocycles. The molecule has 1 aromatic carbocycles. The van der Waals surface area contributed by atoms with Crippen molar-refractivity contribution in [3.05, 3.63) is 35.4 Å². The zero-order valence-corrected chi connectivity index (χ0v) is 9.82. The van der Waals surface area contributed by atoms with Gasteiger partial charge in [-0.2, -0.15) is 0 Å². The molecule has 14 heavy (non-hydrogen) atoms. The van der Waals surface area contributed by atoms with Crippen LogP contribution in [0.15, 0.2) is 24.3 Å². The van der Waals surface area contributed by atoms with Crippen molar-refractivity contribution in [2.75, 3.05) is 5.75 Å². The molecule has 0 bridgehead atoms. The molecule has 76 valence electrons. The van der Waals surface area contributed by atoms with Crippen LogP contribution in [0.5, 0.6) is 0 Å². The first-order valence-corrected chi connectivity index (χ1v) is 6.08. The molecule has 0 saturated carbocycles. The van der Waals surface area contributed by atoms with Crippen LogP contribution in [-0.4, -0.2) is 11.3 Å². The third-order valence-electron chi connectivity index (χ3n) is 2.60. The van der Waals surface area contributed by atoms with Gasteiger partial charge in [-0.05, 0) is 31.9 Å². The van der Waals surface area contributed by atoms with E-state index in [0.29, 0.717) is 5.37 Å². The highest BCUT2D eigenvalue weighted by Crippen LogP contribution is 2.38. The summed E-state index contributed by atoms with van der Waals surface area (Å²) in [6.07, 6.45) is 0. The van der Waals surface area contributed by atoms with Gasteiger partial charge >= 0.3 is 0 Å². The molecule has 0 aliphatic carbocycles. The van der Waals surface area contributed by atoms with Gasteiger partial charge in [0.25, 0.3) is 0 Å². The quantitative estimate of drug-likeness (QED) is 0.759. The standard InChI is InChI=1S/C12H17NS/c1-9-6-4-5-7-10(9)11-13-12(2,3)8-14-11/h4-7,11,13H,8H2,1-3H3. The Labute approximate surface area is 90.3 Å². The summed E-state index contributed by atoms with van der Waals surface area (Å²) >= 11 is 2.01. The molecule has 2 heteroatoms. The Bertz CT molecular complexity index is 333. The zero-order chi connectivity index (χ0) is 10.2. The molecule has 2 rings (SSSR count). The summed E-state index contributed by atoms with van der Waals surface area (Å²) in [6, 6.07) is 8.63. The largest absolute Gasteiger partial charge is 0.296 e. The average molecular weight is 207 g/mol. The van der Waals surface area contributed by atoms with Gasteiger partial charge < -0.3 is 0 Å². The zero-order valence-electron chi connectivity index (χ0n) is 9.00. The van der Waals surface area contributed by atoms with Crippen LogP contribution in [-0.2, 0) is 0 Å². The number of rotatable bonds is 1. The molecule has 1 aromatic rings.